The summed E-state index contributed by atoms with van der Waals surface area (Å²) in [5.74, 6) is -0.882. The third-order valence-electron chi connectivity index (χ3n) is 2.46. The van der Waals surface area contributed by atoms with E-state index in [0.29, 0.717) is 10.8 Å². The van der Waals surface area contributed by atoms with E-state index in [-0.39, 0.29) is 0 Å². The number of nitrogens with one attached hydrogen (secondary N) is 1. The summed E-state index contributed by atoms with van der Waals surface area (Å²) in [5.41, 5.74) is 2.31. The second kappa shape index (κ2) is 5.80. The van der Waals surface area contributed by atoms with Gasteiger partial charge in [0.25, 0.3) is 0 Å². The molecule has 0 aliphatic heterocycles. The molecule has 0 amide bonds. The molecular formula is C12H17NO2S. The molecule has 1 unspecified atom stereocenters. The van der Waals surface area contributed by atoms with Crippen LogP contribution in [0, 0.1) is 6.92 Å². The van der Waals surface area contributed by atoms with Crippen LogP contribution in [-0.4, -0.2) is 29.1 Å². The molecule has 1 atom stereocenters. The SMILES string of the molecule is CSC(C)CNc1ccc(C(=O)O)cc1C. The molecule has 3 nitrogen and oxygen atoms in total. The number of rotatable bonds is 5. The minimum Gasteiger partial charge on any atom is -0.478 e. The van der Waals surface area contributed by atoms with Crippen molar-refractivity contribution in [1.29, 1.82) is 0 Å². The van der Waals surface area contributed by atoms with Crippen LogP contribution < -0.4 is 5.32 Å². The number of benzene rings is 1. The molecule has 0 spiro atoms. The molecule has 0 aliphatic rings. The van der Waals surface area contributed by atoms with Crippen LogP contribution in [0.4, 0.5) is 5.69 Å². The van der Waals surface area contributed by atoms with Crippen LogP contribution in [0.25, 0.3) is 0 Å². The minimum absolute atomic E-state index is 0.334. The van der Waals surface area contributed by atoms with Crippen molar-refractivity contribution in [1.82, 2.24) is 0 Å². The highest BCUT2D eigenvalue weighted by Gasteiger charge is 2.06. The number of carboxylic acids is 1. The molecule has 16 heavy (non-hydrogen) atoms. The van der Waals surface area contributed by atoms with Gasteiger partial charge in [0, 0.05) is 17.5 Å². The number of carboxylic acid groups (broad SMARTS) is 1. The summed E-state index contributed by atoms with van der Waals surface area (Å²) in [6, 6.07) is 5.14. The van der Waals surface area contributed by atoms with E-state index in [1.54, 1.807) is 23.9 Å². The highest BCUT2D eigenvalue weighted by molar-refractivity contribution is 7.99. The van der Waals surface area contributed by atoms with E-state index in [0.717, 1.165) is 17.8 Å². The fourth-order valence-corrected chi connectivity index (χ4v) is 1.58. The van der Waals surface area contributed by atoms with Gasteiger partial charge >= 0.3 is 5.97 Å². The van der Waals surface area contributed by atoms with Crippen molar-refractivity contribution in [2.75, 3.05) is 18.1 Å². The standard InChI is InChI=1S/C12H17NO2S/c1-8-6-10(12(14)15)4-5-11(8)13-7-9(2)16-3/h4-6,9,13H,7H2,1-3H3,(H,14,15). The van der Waals surface area contributed by atoms with Crippen molar-refractivity contribution in [2.45, 2.75) is 19.1 Å². The molecule has 88 valence electrons. The van der Waals surface area contributed by atoms with Crippen LogP contribution in [-0.2, 0) is 0 Å². The van der Waals surface area contributed by atoms with Crippen LogP contribution in [0.1, 0.15) is 22.8 Å². The Balaban J connectivity index is 2.72. The van der Waals surface area contributed by atoms with Gasteiger partial charge in [0.2, 0.25) is 0 Å². The maximum absolute atomic E-state index is 10.8. The minimum atomic E-state index is -0.882. The lowest BCUT2D eigenvalue weighted by Crippen LogP contribution is -2.13. The van der Waals surface area contributed by atoms with Gasteiger partial charge in [0.05, 0.1) is 5.56 Å². The second-order valence-electron chi connectivity index (χ2n) is 3.76. The molecule has 0 fully saturated rings. The van der Waals surface area contributed by atoms with E-state index in [2.05, 4.69) is 18.5 Å². The molecule has 0 saturated heterocycles. The van der Waals surface area contributed by atoms with Gasteiger partial charge in [0.1, 0.15) is 0 Å². The maximum atomic E-state index is 10.8. The number of aryl methyl sites for hydroxylation is 1. The first-order chi connectivity index (χ1) is 7.54. The molecule has 0 radical (unpaired) electrons. The topological polar surface area (TPSA) is 49.3 Å². The van der Waals surface area contributed by atoms with Gasteiger partial charge in [-0.3, -0.25) is 0 Å². The largest absolute Gasteiger partial charge is 0.478 e. The van der Waals surface area contributed by atoms with Gasteiger partial charge in [-0.15, -0.1) is 0 Å². The molecule has 0 aromatic heterocycles. The predicted molar refractivity (Wildman–Crippen MR) is 69.6 cm³/mol. The molecule has 4 heteroatoms. The Morgan fingerprint density at radius 2 is 2.25 bits per heavy atom. The first-order valence-electron chi connectivity index (χ1n) is 5.15. The Labute approximate surface area is 100 Å². The first kappa shape index (κ1) is 12.9. The highest BCUT2D eigenvalue weighted by Crippen LogP contribution is 2.17. The third-order valence-corrected chi connectivity index (χ3v) is 3.43. The smallest absolute Gasteiger partial charge is 0.335 e. The highest BCUT2D eigenvalue weighted by atomic mass is 32.2. The summed E-state index contributed by atoms with van der Waals surface area (Å²) in [7, 11) is 0. The predicted octanol–water partition coefficient (Wildman–Crippen LogP) is 2.86. The number of carbonyl (C=O) groups is 1. The summed E-state index contributed by atoms with van der Waals surface area (Å²) in [6.45, 7) is 4.95. The summed E-state index contributed by atoms with van der Waals surface area (Å²) in [6.07, 6.45) is 2.08. The molecule has 0 aliphatic carbocycles. The summed E-state index contributed by atoms with van der Waals surface area (Å²) in [4.78, 5) is 10.8. The van der Waals surface area contributed by atoms with Crippen LogP contribution in [0.15, 0.2) is 18.2 Å². The quantitative estimate of drug-likeness (QED) is 0.829. The van der Waals surface area contributed by atoms with Crippen molar-refractivity contribution in [3.8, 4) is 0 Å². The van der Waals surface area contributed by atoms with Gasteiger partial charge in [-0.25, -0.2) is 4.79 Å². The van der Waals surface area contributed by atoms with E-state index in [4.69, 9.17) is 5.11 Å². The van der Waals surface area contributed by atoms with Gasteiger partial charge in [-0.05, 0) is 36.9 Å². The average Bonchev–Trinajstić information content (AvgIpc) is 2.26. The van der Waals surface area contributed by atoms with Gasteiger partial charge < -0.3 is 10.4 Å². The Morgan fingerprint density at radius 1 is 1.56 bits per heavy atom. The maximum Gasteiger partial charge on any atom is 0.335 e. The van der Waals surface area contributed by atoms with E-state index in [1.807, 2.05) is 13.0 Å². The molecule has 2 N–H and O–H groups in total. The number of aromatic carboxylic acids is 1. The monoisotopic (exact) mass is 239 g/mol. The lowest BCUT2D eigenvalue weighted by atomic mass is 10.1. The van der Waals surface area contributed by atoms with E-state index >= 15 is 0 Å². The van der Waals surface area contributed by atoms with E-state index in [1.165, 1.54) is 0 Å². The summed E-state index contributed by atoms with van der Waals surface area (Å²) in [5, 5.41) is 12.7. The van der Waals surface area contributed by atoms with E-state index in [9.17, 15) is 4.79 Å². The fraction of sp³-hybridized carbons (Fsp3) is 0.417. The summed E-state index contributed by atoms with van der Waals surface area (Å²) >= 11 is 1.80. The van der Waals surface area contributed by atoms with Crippen molar-refractivity contribution in [3.05, 3.63) is 29.3 Å². The lowest BCUT2D eigenvalue weighted by Gasteiger charge is -2.13. The van der Waals surface area contributed by atoms with E-state index < -0.39 is 5.97 Å². The third kappa shape index (κ3) is 3.45. The first-order valence-corrected chi connectivity index (χ1v) is 6.44. The lowest BCUT2D eigenvalue weighted by molar-refractivity contribution is 0.0697. The molecule has 0 heterocycles. The van der Waals surface area contributed by atoms with Gasteiger partial charge in [-0.2, -0.15) is 11.8 Å². The van der Waals surface area contributed by atoms with Gasteiger partial charge in [-0.1, -0.05) is 6.92 Å². The summed E-state index contributed by atoms with van der Waals surface area (Å²) < 4.78 is 0. The van der Waals surface area contributed by atoms with Crippen LogP contribution in [0.2, 0.25) is 0 Å². The zero-order valence-electron chi connectivity index (χ0n) is 9.78. The van der Waals surface area contributed by atoms with Crippen molar-refractivity contribution >= 4 is 23.4 Å². The molecule has 1 aromatic rings. The van der Waals surface area contributed by atoms with Gasteiger partial charge in [0.15, 0.2) is 0 Å². The number of hydrogen-bond acceptors (Lipinski definition) is 3. The number of anilines is 1. The zero-order chi connectivity index (χ0) is 12.1. The van der Waals surface area contributed by atoms with Crippen LogP contribution >= 0.6 is 11.8 Å². The Bertz CT molecular complexity index is 379. The zero-order valence-corrected chi connectivity index (χ0v) is 10.6. The molecule has 1 rings (SSSR count). The molecule has 0 saturated carbocycles. The fourth-order valence-electron chi connectivity index (χ4n) is 1.33. The van der Waals surface area contributed by atoms with Crippen LogP contribution in [0.5, 0.6) is 0 Å². The average molecular weight is 239 g/mol. The molecule has 1 aromatic carbocycles. The molecule has 0 bridgehead atoms. The second-order valence-corrected chi connectivity index (χ2v) is 5.04. The van der Waals surface area contributed by atoms with Crippen molar-refractivity contribution < 1.29 is 9.90 Å². The van der Waals surface area contributed by atoms with Crippen molar-refractivity contribution in [2.24, 2.45) is 0 Å². The normalized spacial score (nSPS) is 12.2. The van der Waals surface area contributed by atoms with Crippen LogP contribution in [0.3, 0.4) is 0 Å². The molecular weight excluding hydrogens is 222 g/mol. The number of thioether (sulfide) groups is 1. The Morgan fingerprint density at radius 3 is 2.75 bits per heavy atom. The Kier molecular flexibility index (Phi) is 4.68. The Hall–Kier alpha value is -1.16. The van der Waals surface area contributed by atoms with Crippen molar-refractivity contribution in [3.63, 3.8) is 0 Å². The number of hydrogen-bond donors (Lipinski definition) is 2.